The number of phenolic OH excluding ortho intramolecular Hbond substituents is 1. The molecule has 0 aliphatic rings. The van der Waals surface area contributed by atoms with Crippen LogP contribution in [0.15, 0.2) is 18.2 Å². The monoisotopic (exact) mass is 184 g/mol. The van der Waals surface area contributed by atoms with Crippen LogP contribution in [0.2, 0.25) is 0 Å². The quantitative estimate of drug-likeness (QED) is 0.744. The zero-order chi connectivity index (χ0) is 12.3. The number of nitrogens with two attached hydrogens (primary N) is 1. The molecule has 0 bridgehead atoms. The van der Waals surface area contributed by atoms with Crippen LogP contribution in [-0.2, 0) is 6.42 Å². The first-order chi connectivity index (χ1) is 7.28. The van der Waals surface area contributed by atoms with Gasteiger partial charge in [-0.1, -0.05) is 6.07 Å². The number of hydrogen-bond donors (Lipinski definition) is 2. The van der Waals surface area contributed by atoms with Crippen molar-refractivity contribution in [1.82, 2.24) is 0 Å². The molecule has 0 aliphatic carbocycles. The first-order valence-corrected chi connectivity index (χ1v) is 4.04. The predicted octanol–water partition coefficient (Wildman–Crippen LogP) is 1.29. The van der Waals surface area contributed by atoms with Gasteiger partial charge in [0, 0.05) is 6.04 Å². The lowest BCUT2D eigenvalue weighted by molar-refractivity contribution is 0.373. The van der Waals surface area contributed by atoms with E-state index < -0.39 is 7.04 Å². The van der Waals surface area contributed by atoms with Crippen LogP contribution in [0.1, 0.15) is 16.6 Å². The van der Waals surface area contributed by atoms with Gasteiger partial charge in [0.2, 0.25) is 0 Å². The molecule has 0 aromatic heterocycles. The molecule has 0 heterocycles. The van der Waals surface area contributed by atoms with Gasteiger partial charge in [0.15, 0.2) is 11.5 Å². The highest BCUT2D eigenvalue weighted by atomic mass is 16.5. The van der Waals surface area contributed by atoms with E-state index in [-0.39, 0.29) is 17.5 Å². The van der Waals surface area contributed by atoms with E-state index in [9.17, 15) is 5.11 Å². The van der Waals surface area contributed by atoms with Gasteiger partial charge in [-0.25, -0.2) is 0 Å². The summed E-state index contributed by atoms with van der Waals surface area (Å²) in [7, 11) is -2.57. The van der Waals surface area contributed by atoms with Gasteiger partial charge in [-0.05, 0) is 31.0 Å². The number of hydrogen-bond acceptors (Lipinski definition) is 3. The van der Waals surface area contributed by atoms with Crippen molar-refractivity contribution in [3.05, 3.63) is 23.8 Å². The number of ether oxygens (including phenoxy) is 1. The second kappa shape index (κ2) is 4.14. The largest absolute Gasteiger partial charge is 0.504 e. The Morgan fingerprint density at radius 1 is 1.69 bits per heavy atom. The average molecular weight is 184 g/mol. The molecule has 72 valence electrons. The molecule has 0 spiro atoms. The Hall–Kier alpha value is -1.22. The summed E-state index contributed by atoms with van der Waals surface area (Å²) < 4.78 is 25.5. The second-order valence-corrected chi connectivity index (χ2v) is 3.09. The molecule has 13 heavy (non-hydrogen) atoms. The zero-order valence-electron chi connectivity index (χ0n) is 10.4. The lowest BCUT2D eigenvalue weighted by Crippen LogP contribution is -2.17. The van der Waals surface area contributed by atoms with Crippen LogP contribution in [0.3, 0.4) is 0 Å². The highest BCUT2D eigenvalue weighted by Crippen LogP contribution is 2.26. The van der Waals surface area contributed by atoms with Crippen LogP contribution in [0.25, 0.3) is 0 Å². The smallest absolute Gasteiger partial charge is 0.160 e. The highest BCUT2D eigenvalue weighted by Gasteiger charge is 2.03. The molecule has 1 unspecified atom stereocenters. The van der Waals surface area contributed by atoms with Gasteiger partial charge in [-0.3, -0.25) is 0 Å². The van der Waals surface area contributed by atoms with E-state index in [0.717, 1.165) is 5.56 Å². The molecule has 1 rings (SSSR count). The normalized spacial score (nSPS) is 16.9. The lowest BCUT2D eigenvalue weighted by atomic mass is 10.1. The molecule has 0 fully saturated rings. The maximum atomic E-state index is 9.43. The number of methoxy groups -OCH3 is 1. The fraction of sp³-hybridized carbons (Fsp3) is 0.400. The Kier molecular flexibility index (Phi) is 2.00. The topological polar surface area (TPSA) is 55.5 Å². The molecule has 3 nitrogen and oxygen atoms in total. The third-order valence-corrected chi connectivity index (χ3v) is 1.69. The summed E-state index contributed by atoms with van der Waals surface area (Å²) in [5, 5.41) is 9.43. The molecule has 0 aliphatic heterocycles. The van der Waals surface area contributed by atoms with Crippen molar-refractivity contribution >= 4 is 0 Å². The summed E-state index contributed by atoms with van der Waals surface area (Å²) in [5.74, 6) is -0.234. The van der Waals surface area contributed by atoms with Gasteiger partial charge in [-0.15, -0.1) is 0 Å². The molecule has 1 atom stereocenters. The number of benzene rings is 1. The van der Waals surface area contributed by atoms with Crippen LogP contribution in [0.5, 0.6) is 11.5 Å². The fourth-order valence-electron chi connectivity index (χ4n) is 1.14. The zero-order valence-corrected chi connectivity index (χ0v) is 7.45. The molecule has 0 saturated heterocycles. The van der Waals surface area contributed by atoms with E-state index in [1.807, 2.05) is 6.92 Å². The molecule has 0 saturated carbocycles. The lowest BCUT2D eigenvalue weighted by Gasteiger charge is -2.08. The molecule has 0 amide bonds. The standard InChI is InChI=1S/C10H15NO2/c1-7(11)5-8-3-4-9(12)10(6-8)13-2/h3-4,6-7,12H,5,11H2,1-2H3/i2D3. The maximum Gasteiger partial charge on any atom is 0.160 e. The van der Waals surface area contributed by atoms with Crippen LogP contribution >= 0.6 is 0 Å². The molecular weight excluding hydrogens is 166 g/mol. The first-order valence-electron chi connectivity index (χ1n) is 5.54. The molecule has 1 aromatic rings. The third kappa shape index (κ3) is 2.63. The van der Waals surface area contributed by atoms with Crippen LogP contribution < -0.4 is 10.5 Å². The SMILES string of the molecule is [2H]C([2H])([2H])Oc1cc(CC(C)N)ccc1O. The van der Waals surface area contributed by atoms with E-state index in [2.05, 4.69) is 4.74 Å². The van der Waals surface area contributed by atoms with Gasteiger partial charge in [-0.2, -0.15) is 0 Å². The Bertz CT molecular complexity index is 364. The van der Waals surface area contributed by atoms with Crippen molar-refractivity contribution in [2.75, 3.05) is 7.04 Å². The average Bonchev–Trinajstić information content (AvgIpc) is 2.07. The summed E-state index contributed by atoms with van der Waals surface area (Å²) in [6, 6.07) is 4.54. The van der Waals surface area contributed by atoms with Crippen molar-refractivity contribution in [1.29, 1.82) is 0 Å². The van der Waals surface area contributed by atoms with Crippen molar-refractivity contribution in [2.24, 2.45) is 5.73 Å². The number of aromatic hydroxyl groups is 1. The second-order valence-electron chi connectivity index (χ2n) is 3.09. The summed E-state index contributed by atoms with van der Waals surface area (Å²) in [4.78, 5) is 0. The van der Waals surface area contributed by atoms with Crippen molar-refractivity contribution in [2.45, 2.75) is 19.4 Å². The minimum absolute atomic E-state index is 0.0369. The predicted molar refractivity (Wildman–Crippen MR) is 52.0 cm³/mol. The minimum Gasteiger partial charge on any atom is -0.504 e. The Morgan fingerprint density at radius 3 is 3.08 bits per heavy atom. The number of rotatable bonds is 3. The summed E-state index contributed by atoms with van der Waals surface area (Å²) in [6.07, 6.45) is 0.595. The van der Waals surface area contributed by atoms with Gasteiger partial charge in [0.1, 0.15) is 0 Å². The Labute approximate surface area is 82.4 Å². The summed E-state index contributed by atoms with van der Waals surface area (Å²) in [5.41, 5.74) is 6.45. The van der Waals surface area contributed by atoms with Gasteiger partial charge in [0.05, 0.1) is 11.2 Å². The van der Waals surface area contributed by atoms with Crippen molar-refractivity contribution in [3.8, 4) is 11.5 Å². The fourth-order valence-corrected chi connectivity index (χ4v) is 1.14. The maximum absolute atomic E-state index is 9.43. The summed E-state index contributed by atoms with van der Waals surface area (Å²) >= 11 is 0. The Balaban J connectivity index is 2.90. The van der Waals surface area contributed by atoms with Crippen LogP contribution in [-0.4, -0.2) is 18.2 Å². The van der Waals surface area contributed by atoms with Gasteiger partial charge >= 0.3 is 0 Å². The van der Waals surface area contributed by atoms with Crippen LogP contribution in [0.4, 0.5) is 0 Å². The Morgan fingerprint density at radius 2 is 2.46 bits per heavy atom. The van der Waals surface area contributed by atoms with E-state index in [1.165, 1.54) is 12.1 Å². The van der Waals surface area contributed by atoms with Crippen molar-refractivity contribution in [3.63, 3.8) is 0 Å². The first kappa shape index (κ1) is 6.27. The van der Waals surface area contributed by atoms with Gasteiger partial charge < -0.3 is 15.6 Å². The van der Waals surface area contributed by atoms with E-state index in [4.69, 9.17) is 9.85 Å². The van der Waals surface area contributed by atoms with Gasteiger partial charge in [0.25, 0.3) is 0 Å². The molecular formula is C10H15NO2. The molecule has 3 N–H and O–H groups in total. The van der Waals surface area contributed by atoms with E-state index >= 15 is 0 Å². The van der Waals surface area contributed by atoms with Crippen LogP contribution in [0, 0.1) is 0 Å². The van der Waals surface area contributed by atoms with Crippen molar-refractivity contribution < 1.29 is 14.0 Å². The van der Waals surface area contributed by atoms with E-state index in [0.29, 0.717) is 6.42 Å². The molecule has 0 radical (unpaired) electrons. The summed E-state index contributed by atoms with van der Waals surface area (Å²) in [6.45, 7) is 1.84. The molecule has 3 heteroatoms. The third-order valence-electron chi connectivity index (χ3n) is 1.69. The van der Waals surface area contributed by atoms with E-state index in [1.54, 1.807) is 6.07 Å². The molecule has 1 aromatic carbocycles. The number of phenols is 1. The minimum atomic E-state index is -2.57. The highest BCUT2D eigenvalue weighted by molar-refractivity contribution is 5.41.